The summed E-state index contributed by atoms with van der Waals surface area (Å²) in [6, 6.07) is 7.50. The minimum atomic E-state index is -0.196. The fraction of sp³-hybridized carbons (Fsp3) is 0.364. The van der Waals surface area contributed by atoms with Crippen molar-refractivity contribution in [2.45, 2.75) is 19.3 Å². The topological polar surface area (TPSA) is 89.5 Å². The van der Waals surface area contributed by atoms with Crippen LogP contribution in [0.2, 0.25) is 0 Å². The predicted octanol–water partition coefficient (Wildman–Crippen LogP) is 3.19. The van der Waals surface area contributed by atoms with Crippen LogP contribution in [0.5, 0.6) is 11.5 Å². The van der Waals surface area contributed by atoms with E-state index in [1.807, 2.05) is 23.6 Å². The zero-order valence-electron chi connectivity index (χ0n) is 17.6. The van der Waals surface area contributed by atoms with Crippen LogP contribution < -0.4 is 19.7 Å². The summed E-state index contributed by atoms with van der Waals surface area (Å²) in [5.41, 5.74) is 2.28. The number of carbonyl (C=O) groups excluding carboxylic acids is 1. The van der Waals surface area contributed by atoms with Crippen LogP contribution in [0.15, 0.2) is 36.0 Å². The van der Waals surface area contributed by atoms with E-state index in [0.29, 0.717) is 30.2 Å². The molecule has 0 unspecified atom stereocenters. The van der Waals surface area contributed by atoms with Gasteiger partial charge in [-0.05, 0) is 31.0 Å². The van der Waals surface area contributed by atoms with E-state index in [9.17, 15) is 4.79 Å². The number of amides is 1. The second-order valence-corrected chi connectivity index (χ2v) is 8.03. The maximum absolute atomic E-state index is 12.5. The summed E-state index contributed by atoms with van der Waals surface area (Å²) in [6.45, 7) is 2.44. The molecule has 3 aromatic rings. The number of nitrogens with zero attached hydrogens (tertiary/aromatic N) is 4. The average Bonchev–Trinajstić information content (AvgIpc) is 3.51. The van der Waals surface area contributed by atoms with Crippen molar-refractivity contribution in [2.75, 3.05) is 38.8 Å². The minimum absolute atomic E-state index is 0.196. The normalized spacial score (nSPS) is 13.3. The van der Waals surface area contributed by atoms with Gasteiger partial charge in [-0.2, -0.15) is 0 Å². The molecule has 0 aliphatic carbocycles. The van der Waals surface area contributed by atoms with Gasteiger partial charge in [-0.3, -0.25) is 4.79 Å². The van der Waals surface area contributed by atoms with E-state index in [4.69, 9.17) is 9.47 Å². The predicted molar refractivity (Wildman–Crippen MR) is 120 cm³/mol. The Labute approximate surface area is 185 Å². The Morgan fingerprint density at radius 2 is 1.94 bits per heavy atom. The van der Waals surface area contributed by atoms with E-state index in [1.54, 1.807) is 31.6 Å². The number of ether oxygens (including phenoxy) is 2. The van der Waals surface area contributed by atoms with Crippen molar-refractivity contribution in [1.29, 1.82) is 0 Å². The van der Waals surface area contributed by atoms with E-state index in [-0.39, 0.29) is 5.91 Å². The molecule has 0 bridgehead atoms. The number of hydrogen-bond donors (Lipinski definition) is 1. The lowest BCUT2D eigenvalue weighted by Crippen LogP contribution is -2.27. The summed E-state index contributed by atoms with van der Waals surface area (Å²) in [5, 5.41) is 5.83. The fourth-order valence-electron chi connectivity index (χ4n) is 3.51. The summed E-state index contributed by atoms with van der Waals surface area (Å²) in [6.07, 6.45) is 4.41. The van der Waals surface area contributed by atoms with Crippen LogP contribution in [-0.4, -0.2) is 54.7 Å². The quantitative estimate of drug-likeness (QED) is 0.576. The van der Waals surface area contributed by atoms with E-state index >= 15 is 0 Å². The molecule has 0 spiro atoms. The van der Waals surface area contributed by atoms with Crippen molar-refractivity contribution < 1.29 is 14.3 Å². The van der Waals surface area contributed by atoms with Crippen molar-refractivity contribution in [3.63, 3.8) is 0 Å². The molecule has 1 N–H and O–H groups in total. The van der Waals surface area contributed by atoms with Crippen LogP contribution in [-0.2, 0) is 6.42 Å². The minimum Gasteiger partial charge on any atom is -0.493 e. The van der Waals surface area contributed by atoms with Gasteiger partial charge in [0, 0.05) is 43.1 Å². The summed E-state index contributed by atoms with van der Waals surface area (Å²) in [4.78, 5) is 27.8. The third kappa shape index (κ3) is 4.93. The molecule has 4 rings (SSSR count). The van der Waals surface area contributed by atoms with Gasteiger partial charge in [-0.15, -0.1) is 11.3 Å². The van der Waals surface area contributed by atoms with Crippen molar-refractivity contribution in [2.24, 2.45) is 0 Å². The zero-order valence-corrected chi connectivity index (χ0v) is 18.4. The molecule has 9 heteroatoms. The maximum atomic E-state index is 12.5. The fourth-order valence-corrected chi connectivity index (χ4v) is 4.36. The van der Waals surface area contributed by atoms with E-state index in [0.717, 1.165) is 48.0 Å². The third-order valence-corrected chi connectivity index (χ3v) is 6.10. The summed E-state index contributed by atoms with van der Waals surface area (Å²) in [7, 11) is 3.23. The molecular formula is C22H25N5O3S. The van der Waals surface area contributed by atoms with Gasteiger partial charge in [-0.1, -0.05) is 0 Å². The summed E-state index contributed by atoms with van der Waals surface area (Å²) < 4.78 is 10.7. The zero-order chi connectivity index (χ0) is 21.6. The Morgan fingerprint density at radius 1 is 1.13 bits per heavy atom. The number of aromatic nitrogens is 3. The first kappa shape index (κ1) is 21.0. The number of carbonyl (C=O) groups is 1. The second-order valence-electron chi connectivity index (χ2n) is 7.18. The highest BCUT2D eigenvalue weighted by molar-refractivity contribution is 7.13. The Balaban J connectivity index is 1.34. The van der Waals surface area contributed by atoms with E-state index in [1.165, 1.54) is 6.33 Å². The van der Waals surface area contributed by atoms with E-state index in [2.05, 4.69) is 25.2 Å². The molecule has 1 aliphatic heterocycles. The van der Waals surface area contributed by atoms with Crippen LogP contribution in [0.1, 0.15) is 29.0 Å². The number of benzene rings is 1. The molecular weight excluding hydrogens is 414 g/mol. The average molecular weight is 440 g/mol. The van der Waals surface area contributed by atoms with Gasteiger partial charge in [0.05, 0.1) is 19.9 Å². The molecule has 1 aliphatic rings. The van der Waals surface area contributed by atoms with Gasteiger partial charge in [0.2, 0.25) is 0 Å². The lowest BCUT2D eigenvalue weighted by Gasteiger charge is -2.16. The van der Waals surface area contributed by atoms with Crippen molar-refractivity contribution in [1.82, 2.24) is 20.3 Å². The smallest absolute Gasteiger partial charge is 0.270 e. The van der Waals surface area contributed by atoms with Gasteiger partial charge in [0.15, 0.2) is 11.5 Å². The Morgan fingerprint density at radius 3 is 2.71 bits per heavy atom. The lowest BCUT2D eigenvalue weighted by molar-refractivity contribution is 0.0949. The molecule has 1 fully saturated rings. The largest absolute Gasteiger partial charge is 0.493 e. The van der Waals surface area contributed by atoms with Crippen molar-refractivity contribution in [3.8, 4) is 22.1 Å². The van der Waals surface area contributed by atoms with Gasteiger partial charge in [-0.25, -0.2) is 15.0 Å². The molecule has 8 nitrogen and oxygen atoms in total. The molecule has 0 atom stereocenters. The number of methoxy groups -OCH3 is 2. The van der Waals surface area contributed by atoms with Gasteiger partial charge in [0.1, 0.15) is 22.8 Å². The Kier molecular flexibility index (Phi) is 6.61. The van der Waals surface area contributed by atoms with Gasteiger partial charge in [0.25, 0.3) is 5.91 Å². The monoisotopic (exact) mass is 439 g/mol. The molecule has 162 valence electrons. The number of anilines is 1. The standard InChI is InChI=1S/C22H25N5O3S/c1-29-18-6-5-15(11-19(18)30-2)22-26-16(13-31-22)7-8-23-21(28)17-12-20(25-14-24-17)27-9-3-4-10-27/h5-6,11-14H,3-4,7-10H2,1-2H3,(H,23,28). The lowest BCUT2D eigenvalue weighted by atomic mass is 10.2. The van der Waals surface area contributed by atoms with Gasteiger partial charge < -0.3 is 19.7 Å². The first-order chi connectivity index (χ1) is 15.2. The first-order valence-corrected chi connectivity index (χ1v) is 11.1. The maximum Gasteiger partial charge on any atom is 0.270 e. The SMILES string of the molecule is COc1ccc(-c2nc(CCNC(=O)c3cc(N4CCCC4)ncn3)cs2)cc1OC. The van der Waals surface area contributed by atoms with E-state index < -0.39 is 0 Å². The highest BCUT2D eigenvalue weighted by Crippen LogP contribution is 2.33. The van der Waals surface area contributed by atoms with Crippen molar-refractivity contribution in [3.05, 3.63) is 47.4 Å². The molecule has 2 aromatic heterocycles. The summed E-state index contributed by atoms with van der Waals surface area (Å²) in [5.74, 6) is 1.97. The highest BCUT2D eigenvalue weighted by Gasteiger charge is 2.16. The molecule has 0 radical (unpaired) electrons. The van der Waals surface area contributed by atoms with Crippen LogP contribution in [0.25, 0.3) is 10.6 Å². The first-order valence-electron chi connectivity index (χ1n) is 10.2. The molecule has 31 heavy (non-hydrogen) atoms. The third-order valence-electron chi connectivity index (χ3n) is 5.16. The Hall–Kier alpha value is -3.20. The van der Waals surface area contributed by atoms with Crippen LogP contribution >= 0.6 is 11.3 Å². The van der Waals surface area contributed by atoms with Crippen LogP contribution in [0.4, 0.5) is 5.82 Å². The molecule has 1 aromatic carbocycles. The second kappa shape index (κ2) is 9.74. The molecule has 3 heterocycles. The molecule has 0 saturated carbocycles. The molecule has 1 saturated heterocycles. The van der Waals surface area contributed by atoms with Crippen molar-refractivity contribution >= 4 is 23.1 Å². The number of hydrogen-bond acceptors (Lipinski definition) is 8. The number of thiazole rings is 1. The van der Waals surface area contributed by atoms with Crippen LogP contribution in [0.3, 0.4) is 0 Å². The number of nitrogens with one attached hydrogen (secondary N) is 1. The number of rotatable bonds is 8. The highest BCUT2D eigenvalue weighted by atomic mass is 32.1. The van der Waals surface area contributed by atoms with Crippen LogP contribution in [0, 0.1) is 0 Å². The summed E-state index contributed by atoms with van der Waals surface area (Å²) >= 11 is 1.56. The Bertz CT molecular complexity index is 1050. The molecule has 1 amide bonds. The van der Waals surface area contributed by atoms with Gasteiger partial charge >= 0.3 is 0 Å².